The summed E-state index contributed by atoms with van der Waals surface area (Å²) in [5.74, 6) is -0.215. The van der Waals surface area contributed by atoms with E-state index in [4.69, 9.17) is 10.5 Å². The summed E-state index contributed by atoms with van der Waals surface area (Å²) in [6, 6.07) is 2.87. The van der Waals surface area contributed by atoms with Crippen LogP contribution in [-0.4, -0.2) is 28.7 Å². The lowest BCUT2D eigenvalue weighted by atomic mass is 9.95. The highest BCUT2D eigenvalue weighted by Crippen LogP contribution is 2.24. The molecule has 3 N–H and O–H groups in total. The second-order valence-electron chi connectivity index (χ2n) is 5.16. The van der Waals surface area contributed by atoms with Gasteiger partial charge in [-0.2, -0.15) is 0 Å². The van der Waals surface area contributed by atoms with E-state index in [1.807, 2.05) is 13.8 Å². The molecule has 0 saturated carbocycles. The van der Waals surface area contributed by atoms with E-state index in [1.165, 1.54) is 22.9 Å². The van der Waals surface area contributed by atoms with Crippen molar-refractivity contribution in [3.05, 3.63) is 28.7 Å². The van der Waals surface area contributed by atoms with Crippen molar-refractivity contribution in [2.24, 2.45) is 0 Å². The van der Waals surface area contributed by atoms with Gasteiger partial charge in [0.15, 0.2) is 0 Å². The van der Waals surface area contributed by atoms with Gasteiger partial charge in [0.05, 0.1) is 11.6 Å². The summed E-state index contributed by atoms with van der Waals surface area (Å²) in [5.41, 5.74) is 5.44. The summed E-state index contributed by atoms with van der Waals surface area (Å²) in [4.78, 5) is 23.6. The largest absolute Gasteiger partial charge is 0.398 e. The third-order valence-corrected chi connectivity index (χ3v) is 3.63. The lowest BCUT2D eigenvalue weighted by Gasteiger charge is -2.29. The van der Waals surface area contributed by atoms with Gasteiger partial charge in [-0.25, -0.2) is 0 Å². The molecule has 2 heterocycles. The number of nitrogens with zero attached hydrogens (tertiary/aromatic N) is 1. The maximum atomic E-state index is 12.0. The Bertz CT molecular complexity index is 540. The van der Waals surface area contributed by atoms with E-state index < -0.39 is 0 Å². The van der Waals surface area contributed by atoms with Crippen molar-refractivity contribution in [1.82, 2.24) is 9.88 Å². The smallest absolute Gasteiger partial charge is 0.251 e. The van der Waals surface area contributed by atoms with Crippen LogP contribution >= 0.6 is 0 Å². The Labute approximate surface area is 111 Å². The molecule has 2 unspecified atom stereocenters. The molecule has 1 fully saturated rings. The second kappa shape index (κ2) is 5.05. The van der Waals surface area contributed by atoms with Gasteiger partial charge in [-0.1, -0.05) is 0 Å². The molecule has 19 heavy (non-hydrogen) atoms. The highest BCUT2D eigenvalue weighted by molar-refractivity contribution is 5.76. The number of aromatic nitrogens is 1. The predicted octanol–water partition coefficient (Wildman–Crippen LogP) is 0.114. The van der Waals surface area contributed by atoms with Crippen LogP contribution in [0.25, 0.3) is 0 Å². The highest BCUT2D eigenvalue weighted by atomic mass is 16.5. The average Bonchev–Trinajstić information content (AvgIpc) is 2.64. The number of rotatable bonds is 3. The van der Waals surface area contributed by atoms with Crippen LogP contribution in [0.3, 0.4) is 0 Å². The number of ether oxygens (including phenoxy) is 1. The van der Waals surface area contributed by atoms with Crippen molar-refractivity contribution in [2.75, 3.05) is 12.3 Å². The molecule has 2 atom stereocenters. The summed E-state index contributed by atoms with van der Waals surface area (Å²) >= 11 is 0. The summed E-state index contributed by atoms with van der Waals surface area (Å²) in [6.07, 6.45) is 2.21. The van der Waals surface area contributed by atoms with Crippen LogP contribution in [0, 0.1) is 0 Å². The van der Waals surface area contributed by atoms with E-state index in [1.54, 1.807) is 0 Å². The van der Waals surface area contributed by atoms with Crippen molar-refractivity contribution >= 4 is 11.6 Å². The zero-order chi connectivity index (χ0) is 14.0. The minimum atomic E-state index is -0.374. The average molecular weight is 265 g/mol. The topological polar surface area (TPSA) is 86.3 Å². The molecule has 2 rings (SSSR count). The van der Waals surface area contributed by atoms with Crippen LogP contribution in [0.5, 0.6) is 0 Å². The van der Waals surface area contributed by atoms with Crippen LogP contribution in [0.15, 0.2) is 23.1 Å². The van der Waals surface area contributed by atoms with E-state index in [0.717, 1.165) is 6.42 Å². The molecule has 104 valence electrons. The number of carbonyl (C=O) groups is 1. The van der Waals surface area contributed by atoms with Gasteiger partial charge in [0.25, 0.3) is 5.56 Å². The van der Waals surface area contributed by atoms with Gasteiger partial charge >= 0.3 is 0 Å². The fraction of sp³-hybridized carbons (Fsp3) is 0.538. The first-order chi connectivity index (χ1) is 8.90. The van der Waals surface area contributed by atoms with Crippen molar-refractivity contribution < 1.29 is 9.53 Å². The molecule has 0 aromatic carbocycles. The minimum Gasteiger partial charge on any atom is -0.398 e. The number of pyridine rings is 1. The molecule has 1 amide bonds. The zero-order valence-corrected chi connectivity index (χ0v) is 11.2. The number of anilines is 1. The second-order valence-corrected chi connectivity index (χ2v) is 5.16. The SMILES string of the molecule is CC1OCCC1(C)NC(=O)Cn1cc(N)ccc1=O. The van der Waals surface area contributed by atoms with E-state index in [-0.39, 0.29) is 29.7 Å². The molecule has 1 aliphatic heterocycles. The number of amides is 1. The molecule has 1 aromatic heterocycles. The third kappa shape index (κ3) is 2.96. The molecule has 0 radical (unpaired) electrons. The maximum Gasteiger partial charge on any atom is 0.251 e. The molecular weight excluding hydrogens is 246 g/mol. The first-order valence-corrected chi connectivity index (χ1v) is 6.29. The Morgan fingerprint density at radius 3 is 3.00 bits per heavy atom. The van der Waals surface area contributed by atoms with E-state index in [2.05, 4.69) is 5.32 Å². The van der Waals surface area contributed by atoms with Gasteiger partial charge in [-0.05, 0) is 26.3 Å². The quantitative estimate of drug-likeness (QED) is 0.812. The molecule has 1 aliphatic rings. The van der Waals surface area contributed by atoms with E-state index in [9.17, 15) is 9.59 Å². The minimum absolute atomic E-state index is 0.0333. The van der Waals surface area contributed by atoms with Crippen LogP contribution in [0.2, 0.25) is 0 Å². The Morgan fingerprint density at radius 2 is 2.37 bits per heavy atom. The van der Waals surface area contributed by atoms with E-state index >= 15 is 0 Å². The fourth-order valence-corrected chi connectivity index (χ4v) is 2.19. The summed E-state index contributed by atoms with van der Waals surface area (Å²) in [5, 5.41) is 2.94. The summed E-state index contributed by atoms with van der Waals surface area (Å²) < 4.78 is 6.76. The van der Waals surface area contributed by atoms with Crippen LogP contribution in [-0.2, 0) is 16.1 Å². The Morgan fingerprint density at radius 1 is 1.63 bits per heavy atom. The summed E-state index contributed by atoms with van der Waals surface area (Å²) in [7, 11) is 0. The molecule has 6 heteroatoms. The molecule has 0 spiro atoms. The van der Waals surface area contributed by atoms with Gasteiger partial charge in [-0.15, -0.1) is 0 Å². The number of nitrogens with two attached hydrogens (primary N) is 1. The highest BCUT2D eigenvalue weighted by Gasteiger charge is 2.38. The number of nitrogen functional groups attached to an aromatic ring is 1. The van der Waals surface area contributed by atoms with Gasteiger partial charge < -0.3 is 20.4 Å². The van der Waals surface area contributed by atoms with Gasteiger partial charge in [0, 0.05) is 24.6 Å². The normalized spacial score (nSPS) is 26.3. The Hall–Kier alpha value is -1.82. The van der Waals surface area contributed by atoms with Gasteiger partial charge in [0.2, 0.25) is 5.91 Å². The predicted molar refractivity (Wildman–Crippen MR) is 71.7 cm³/mol. The Kier molecular flexibility index (Phi) is 3.61. The van der Waals surface area contributed by atoms with Gasteiger partial charge in [-0.3, -0.25) is 9.59 Å². The molecule has 1 saturated heterocycles. The standard InChI is InChI=1S/C13H19N3O3/c1-9-13(2,5-6-19-9)15-11(17)8-16-7-10(14)3-4-12(16)18/h3-4,7,9H,5-6,8,14H2,1-2H3,(H,15,17). The van der Waals surface area contributed by atoms with E-state index in [0.29, 0.717) is 12.3 Å². The van der Waals surface area contributed by atoms with Crippen LogP contribution in [0.4, 0.5) is 5.69 Å². The lowest BCUT2D eigenvalue weighted by Crippen LogP contribution is -2.52. The number of hydrogen-bond donors (Lipinski definition) is 2. The first-order valence-electron chi connectivity index (χ1n) is 6.29. The van der Waals surface area contributed by atoms with Crippen LogP contribution in [0.1, 0.15) is 20.3 Å². The van der Waals surface area contributed by atoms with Gasteiger partial charge in [0.1, 0.15) is 6.54 Å². The molecular formula is C13H19N3O3. The maximum absolute atomic E-state index is 12.0. The van der Waals surface area contributed by atoms with Crippen molar-refractivity contribution in [2.45, 2.75) is 38.5 Å². The van der Waals surface area contributed by atoms with Crippen molar-refractivity contribution in [1.29, 1.82) is 0 Å². The monoisotopic (exact) mass is 265 g/mol. The van der Waals surface area contributed by atoms with Crippen molar-refractivity contribution in [3.63, 3.8) is 0 Å². The fourth-order valence-electron chi connectivity index (χ4n) is 2.19. The molecule has 0 aliphatic carbocycles. The summed E-state index contributed by atoms with van der Waals surface area (Å²) in [6.45, 7) is 4.48. The van der Waals surface area contributed by atoms with Crippen LogP contribution < -0.4 is 16.6 Å². The first kappa shape index (κ1) is 13.6. The molecule has 1 aromatic rings. The molecule has 6 nitrogen and oxygen atoms in total. The number of hydrogen-bond acceptors (Lipinski definition) is 4. The molecule has 0 bridgehead atoms. The van der Waals surface area contributed by atoms with Crippen molar-refractivity contribution in [3.8, 4) is 0 Å². The number of carbonyl (C=O) groups excluding carboxylic acids is 1. The lowest BCUT2D eigenvalue weighted by molar-refractivity contribution is -0.124. The third-order valence-electron chi connectivity index (χ3n) is 3.63. The zero-order valence-electron chi connectivity index (χ0n) is 11.2. The Balaban J connectivity index is 2.05. The number of nitrogens with one attached hydrogen (secondary N) is 1.